The van der Waals surface area contributed by atoms with E-state index in [-0.39, 0.29) is 5.82 Å². The molecule has 1 saturated heterocycles. The van der Waals surface area contributed by atoms with Crippen LogP contribution >= 0.6 is 15.9 Å². The maximum atomic E-state index is 13.3. The molecule has 1 heterocycles. The lowest BCUT2D eigenvalue weighted by Crippen LogP contribution is -2.48. The molecule has 0 saturated carbocycles. The molecular weight excluding hydrogens is 283 g/mol. The molecule has 4 heteroatoms. The molecule has 1 aromatic rings. The average molecular weight is 301 g/mol. The van der Waals surface area contributed by atoms with Crippen molar-refractivity contribution in [1.29, 1.82) is 0 Å². The van der Waals surface area contributed by atoms with Crippen LogP contribution in [0.2, 0.25) is 0 Å². The lowest BCUT2D eigenvalue weighted by molar-refractivity contribution is 0.209. The van der Waals surface area contributed by atoms with Crippen LogP contribution in [0.5, 0.6) is 0 Å². The van der Waals surface area contributed by atoms with Gasteiger partial charge < -0.3 is 4.90 Å². The van der Waals surface area contributed by atoms with Crippen molar-refractivity contribution < 1.29 is 4.39 Å². The van der Waals surface area contributed by atoms with Crippen molar-refractivity contribution in [1.82, 2.24) is 4.90 Å². The number of piperazine rings is 1. The fourth-order valence-electron chi connectivity index (χ4n) is 2.22. The first kappa shape index (κ1) is 12.8. The van der Waals surface area contributed by atoms with Crippen LogP contribution in [0.4, 0.5) is 10.1 Å². The van der Waals surface area contributed by atoms with Gasteiger partial charge in [0.2, 0.25) is 0 Å². The van der Waals surface area contributed by atoms with E-state index < -0.39 is 0 Å². The Kier molecular flexibility index (Phi) is 4.05. The van der Waals surface area contributed by atoms with Crippen LogP contribution in [-0.4, -0.2) is 37.1 Å². The number of hydrogen-bond acceptors (Lipinski definition) is 2. The van der Waals surface area contributed by atoms with Crippen LogP contribution in [0.15, 0.2) is 22.7 Å². The Bertz CT molecular complexity index is 367. The summed E-state index contributed by atoms with van der Waals surface area (Å²) in [5.74, 6) is -0.180. The molecule has 1 fully saturated rings. The van der Waals surface area contributed by atoms with Gasteiger partial charge in [0.1, 0.15) is 5.82 Å². The van der Waals surface area contributed by atoms with Gasteiger partial charge in [-0.3, -0.25) is 4.90 Å². The lowest BCUT2D eigenvalue weighted by atomic mass is 10.2. The predicted molar refractivity (Wildman–Crippen MR) is 73.0 cm³/mol. The summed E-state index contributed by atoms with van der Waals surface area (Å²) in [6.07, 6.45) is 0. The maximum Gasteiger partial charge on any atom is 0.126 e. The molecule has 2 nitrogen and oxygen atoms in total. The topological polar surface area (TPSA) is 6.48 Å². The van der Waals surface area contributed by atoms with E-state index in [1.807, 2.05) is 6.07 Å². The Morgan fingerprint density at radius 3 is 2.29 bits per heavy atom. The quantitative estimate of drug-likeness (QED) is 0.828. The zero-order chi connectivity index (χ0) is 12.4. The van der Waals surface area contributed by atoms with E-state index >= 15 is 0 Å². The second kappa shape index (κ2) is 5.36. The van der Waals surface area contributed by atoms with Crippen molar-refractivity contribution in [2.24, 2.45) is 0 Å². The molecule has 0 amide bonds. The van der Waals surface area contributed by atoms with Crippen LogP contribution in [0.1, 0.15) is 13.8 Å². The maximum absolute atomic E-state index is 13.3. The third kappa shape index (κ3) is 3.19. The Morgan fingerprint density at radius 2 is 1.76 bits per heavy atom. The van der Waals surface area contributed by atoms with Crippen molar-refractivity contribution in [2.45, 2.75) is 19.9 Å². The summed E-state index contributed by atoms with van der Waals surface area (Å²) in [5.41, 5.74) is 0.972. The minimum Gasteiger partial charge on any atom is -0.369 e. The van der Waals surface area contributed by atoms with Gasteiger partial charge in [-0.2, -0.15) is 0 Å². The lowest BCUT2D eigenvalue weighted by Gasteiger charge is -2.38. The number of nitrogens with zero attached hydrogens (tertiary/aromatic N) is 2. The summed E-state index contributed by atoms with van der Waals surface area (Å²) in [7, 11) is 0. The van der Waals surface area contributed by atoms with Gasteiger partial charge in [-0.25, -0.2) is 4.39 Å². The van der Waals surface area contributed by atoms with Gasteiger partial charge >= 0.3 is 0 Å². The van der Waals surface area contributed by atoms with E-state index in [0.717, 1.165) is 36.3 Å². The Morgan fingerprint density at radius 1 is 1.12 bits per heavy atom. The van der Waals surface area contributed by atoms with E-state index in [1.165, 1.54) is 6.07 Å². The summed E-state index contributed by atoms with van der Waals surface area (Å²) in [5, 5.41) is 0. The smallest absolute Gasteiger partial charge is 0.126 e. The van der Waals surface area contributed by atoms with E-state index in [0.29, 0.717) is 6.04 Å². The third-order valence-electron chi connectivity index (χ3n) is 3.26. The molecule has 0 bridgehead atoms. The van der Waals surface area contributed by atoms with Gasteiger partial charge in [-0.05, 0) is 32.0 Å². The predicted octanol–water partition coefficient (Wildman–Crippen LogP) is 3.12. The minimum atomic E-state index is -0.180. The monoisotopic (exact) mass is 300 g/mol. The van der Waals surface area contributed by atoms with Gasteiger partial charge in [0.25, 0.3) is 0 Å². The number of hydrogen-bond donors (Lipinski definition) is 0. The van der Waals surface area contributed by atoms with Gasteiger partial charge in [0.15, 0.2) is 0 Å². The van der Waals surface area contributed by atoms with Crippen LogP contribution < -0.4 is 4.90 Å². The van der Waals surface area contributed by atoms with Crippen molar-refractivity contribution >= 4 is 21.6 Å². The minimum absolute atomic E-state index is 0.180. The zero-order valence-corrected chi connectivity index (χ0v) is 11.9. The van der Waals surface area contributed by atoms with Crippen LogP contribution in [-0.2, 0) is 0 Å². The standard InChI is InChI=1S/C13H18BrFN2/c1-10(2)16-3-5-17(6-4-16)13-8-11(14)7-12(15)9-13/h7-10H,3-6H2,1-2H3. The van der Waals surface area contributed by atoms with Gasteiger partial charge in [-0.15, -0.1) is 0 Å². The van der Waals surface area contributed by atoms with Crippen molar-refractivity contribution in [2.75, 3.05) is 31.1 Å². The number of rotatable bonds is 2. The number of benzene rings is 1. The first-order valence-corrected chi connectivity index (χ1v) is 6.80. The highest BCUT2D eigenvalue weighted by atomic mass is 79.9. The molecule has 0 atom stereocenters. The molecule has 17 heavy (non-hydrogen) atoms. The molecule has 94 valence electrons. The Hall–Kier alpha value is -0.610. The SMILES string of the molecule is CC(C)N1CCN(c2cc(F)cc(Br)c2)CC1. The molecular formula is C13H18BrFN2. The van der Waals surface area contributed by atoms with E-state index in [1.54, 1.807) is 6.07 Å². The summed E-state index contributed by atoms with van der Waals surface area (Å²) in [4.78, 5) is 4.69. The zero-order valence-electron chi connectivity index (χ0n) is 10.3. The van der Waals surface area contributed by atoms with E-state index in [2.05, 4.69) is 39.6 Å². The summed E-state index contributed by atoms with van der Waals surface area (Å²) in [6, 6.07) is 5.68. The van der Waals surface area contributed by atoms with Crippen molar-refractivity contribution in [3.05, 3.63) is 28.5 Å². The molecule has 0 aliphatic carbocycles. The first-order valence-electron chi connectivity index (χ1n) is 6.01. The largest absolute Gasteiger partial charge is 0.369 e. The summed E-state index contributed by atoms with van der Waals surface area (Å²) < 4.78 is 14.1. The molecule has 0 aromatic heterocycles. The molecule has 0 spiro atoms. The Labute approximate surface area is 111 Å². The average Bonchev–Trinajstić information content (AvgIpc) is 2.28. The normalized spacial score (nSPS) is 17.8. The molecule has 0 radical (unpaired) electrons. The van der Waals surface area contributed by atoms with Crippen LogP contribution in [0.3, 0.4) is 0 Å². The highest BCUT2D eigenvalue weighted by molar-refractivity contribution is 9.10. The third-order valence-corrected chi connectivity index (χ3v) is 3.71. The fraction of sp³-hybridized carbons (Fsp3) is 0.538. The number of anilines is 1. The highest BCUT2D eigenvalue weighted by Gasteiger charge is 2.19. The summed E-state index contributed by atoms with van der Waals surface area (Å²) >= 11 is 3.34. The molecule has 0 unspecified atom stereocenters. The first-order chi connectivity index (χ1) is 8.06. The second-order valence-electron chi connectivity index (χ2n) is 4.74. The highest BCUT2D eigenvalue weighted by Crippen LogP contribution is 2.23. The van der Waals surface area contributed by atoms with E-state index in [9.17, 15) is 4.39 Å². The molecule has 1 aromatic carbocycles. The second-order valence-corrected chi connectivity index (χ2v) is 5.66. The fourth-order valence-corrected chi connectivity index (χ4v) is 2.67. The van der Waals surface area contributed by atoms with Gasteiger partial charge in [0, 0.05) is 42.4 Å². The van der Waals surface area contributed by atoms with Gasteiger partial charge in [-0.1, -0.05) is 15.9 Å². The van der Waals surface area contributed by atoms with Crippen LogP contribution in [0.25, 0.3) is 0 Å². The van der Waals surface area contributed by atoms with Crippen LogP contribution in [0, 0.1) is 5.82 Å². The molecule has 1 aliphatic rings. The number of halogens is 2. The molecule has 1 aliphatic heterocycles. The van der Waals surface area contributed by atoms with Crippen molar-refractivity contribution in [3.63, 3.8) is 0 Å². The molecule has 2 rings (SSSR count). The Balaban J connectivity index is 2.05. The van der Waals surface area contributed by atoms with Crippen molar-refractivity contribution in [3.8, 4) is 0 Å². The van der Waals surface area contributed by atoms with E-state index in [4.69, 9.17) is 0 Å². The summed E-state index contributed by atoms with van der Waals surface area (Å²) in [6.45, 7) is 8.46. The van der Waals surface area contributed by atoms with Gasteiger partial charge in [0.05, 0.1) is 0 Å². The molecule has 0 N–H and O–H groups in total.